The summed E-state index contributed by atoms with van der Waals surface area (Å²) in [5.74, 6) is -0.378. The molecule has 0 saturated carbocycles. The van der Waals surface area contributed by atoms with Crippen LogP contribution in [0.15, 0.2) is 36.0 Å². The van der Waals surface area contributed by atoms with E-state index in [9.17, 15) is 4.79 Å². The van der Waals surface area contributed by atoms with Crippen molar-refractivity contribution in [2.75, 3.05) is 5.73 Å². The molecule has 3 rings (SSSR count). The van der Waals surface area contributed by atoms with Gasteiger partial charge in [0, 0.05) is 10.9 Å². The number of hydrogen-bond donors (Lipinski definition) is 2. The van der Waals surface area contributed by atoms with Gasteiger partial charge in [-0.15, -0.1) is 11.3 Å². The summed E-state index contributed by atoms with van der Waals surface area (Å²) < 4.78 is 0. The van der Waals surface area contributed by atoms with Crippen molar-refractivity contribution in [3.05, 3.63) is 41.5 Å². The molecule has 0 amide bonds. The predicted molar refractivity (Wildman–Crippen MR) is 78.6 cm³/mol. The Morgan fingerprint density at radius 3 is 2.70 bits per heavy atom. The molecule has 0 saturated heterocycles. The Hall–Kier alpha value is -2.47. The third kappa shape index (κ3) is 2.21. The summed E-state index contributed by atoms with van der Waals surface area (Å²) in [6, 6.07) is 7.41. The van der Waals surface area contributed by atoms with Gasteiger partial charge in [-0.05, 0) is 11.1 Å². The van der Waals surface area contributed by atoms with E-state index < -0.39 is 5.97 Å². The Balaban J connectivity index is 2.05. The molecule has 3 aromatic rings. The molecule has 0 spiro atoms. The Kier molecular flexibility index (Phi) is 3.08. The molecular formula is C14H11N3O2S. The first-order chi connectivity index (χ1) is 9.65. The van der Waals surface area contributed by atoms with Gasteiger partial charge in [-0.25, -0.2) is 9.97 Å². The van der Waals surface area contributed by atoms with Gasteiger partial charge < -0.3 is 10.8 Å². The summed E-state index contributed by atoms with van der Waals surface area (Å²) in [6.45, 7) is 0. The fourth-order valence-electron chi connectivity index (χ4n) is 2.09. The molecule has 2 heterocycles. The molecule has 0 aliphatic rings. The lowest BCUT2D eigenvalue weighted by atomic mass is 10.0. The Morgan fingerprint density at radius 2 is 2.00 bits per heavy atom. The minimum absolute atomic E-state index is 0.0237. The van der Waals surface area contributed by atoms with Crippen LogP contribution in [0, 0.1) is 0 Å². The lowest BCUT2D eigenvalue weighted by Crippen LogP contribution is -1.99. The maximum atomic E-state index is 10.7. The smallest absolute Gasteiger partial charge is 0.307 e. The van der Waals surface area contributed by atoms with E-state index in [0.29, 0.717) is 5.82 Å². The van der Waals surface area contributed by atoms with Crippen molar-refractivity contribution in [2.45, 2.75) is 6.42 Å². The van der Waals surface area contributed by atoms with E-state index in [2.05, 4.69) is 9.97 Å². The van der Waals surface area contributed by atoms with Crippen LogP contribution in [-0.4, -0.2) is 21.0 Å². The number of nitrogens with zero attached hydrogens (tertiary/aromatic N) is 2. The minimum atomic E-state index is -0.837. The number of aromatic nitrogens is 2. The highest BCUT2D eigenvalue weighted by atomic mass is 32.1. The van der Waals surface area contributed by atoms with E-state index in [-0.39, 0.29) is 6.42 Å². The monoisotopic (exact) mass is 285 g/mol. The lowest BCUT2D eigenvalue weighted by Gasteiger charge is -2.03. The standard InChI is InChI=1S/C14H11N3O2S/c15-13-12-10(6-20-14(12)17-7-16-13)9-3-1-8(2-4-9)5-11(18)19/h1-4,6-7H,5H2,(H,18,19)(H2,15,16,17). The van der Waals surface area contributed by atoms with Gasteiger partial charge in [-0.3, -0.25) is 4.79 Å². The number of benzene rings is 1. The number of anilines is 1. The first kappa shape index (κ1) is 12.6. The number of nitrogens with two attached hydrogens (primary N) is 1. The molecule has 1 aromatic carbocycles. The third-order valence-corrected chi connectivity index (χ3v) is 3.91. The van der Waals surface area contributed by atoms with Gasteiger partial charge >= 0.3 is 5.97 Å². The van der Waals surface area contributed by atoms with Crippen molar-refractivity contribution in [2.24, 2.45) is 0 Å². The summed E-state index contributed by atoms with van der Waals surface area (Å²) >= 11 is 1.51. The number of hydrogen-bond acceptors (Lipinski definition) is 5. The average Bonchev–Trinajstić information content (AvgIpc) is 2.84. The number of thiophene rings is 1. The molecule has 0 radical (unpaired) electrons. The normalized spacial score (nSPS) is 10.8. The molecule has 6 heteroatoms. The van der Waals surface area contributed by atoms with Crippen LogP contribution in [0.2, 0.25) is 0 Å². The Bertz CT molecular complexity index is 781. The van der Waals surface area contributed by atoms with Crippen LogP contribution in [0.1, 0.15) is 5.56 Å². The number of nitrogen functional groups attached to an aromatic ring is 1. The fraction of sp³-hybridized carbons (Fsp3) is 0.0714. The fourth-order valence-corrected chi connectivity index (χ4v) is 3.01. The highest BCUT2D eigenvalue weighted by molar-refractivity contribution is 7.17. The van der Waals surface area contributed by atoms with Gasteiger partial charge in [-0.2, -0.15) is 0 Å². The van der Waals surface area contributed by atoms with Crippen molar-refractivity contribution in [3.63, 3.8) is 0 Å². The SMILES string of the molecule is Nc1ncnc2scc(-c3ccc(CC(=O)O)cc3)c12. The zero-order chi connectivity index (χ0) is 14.1. The number of rotatable bonds is 3. The van der Waals surface area contributed by atoms with Crippen molar-refractivity contribution in [1.29, 1.82) is 0 Å². The molecule has 0 aliphatic heterocycles. The quantitative estimate of drug-likeness (QED) is 0.772. The summed E-state index contributed by atoms with van der Waals surface area (Å²) in [5, 5.41) is 11.6. The van der Waals surface area contributed by atoms with Crippen LogP contribution in [0.3, 0.4) is 0 Å². The van der Waals surface area contributed by atoms with Crippen LogP contribution in [0.5, 0.6) is 0 Å². The average molecular weight is 285 g/mol. The van der Waals surface area contributed by atoms with Crippen molar-refractivity contribution >= 4 is 33.3 Å². The number of aliphatic carboxylic acids is 1. The van der Waals surface area contributed by atoms with E-state index >= 15 is 0 Å². The van der Waals surface area contributed by atoms with Gasteiger partial charge in [0.25, 0.3) is 0 Å². The highest BCUT2D eigenvalue weighted by Gasteiger charge is 2.11. The Labute approximate surface area is 118 Å². The third-order valence-electron chi connectivity index (χ3n) is 3.02. The highest BCUT2D eigenvalue weighted by Crippen LogP contribution is 2.35. The summed E-state index contributed by atoms with van der Waals surface area (Å²) in [6.07, 6.45) is 1.48. The summed E-state index contributed by atoms with van der Waals surface area (Å²) in [7, 11) is 0. The van der Waals surface area contributed by atoms with Crippen molar-refractivity contribution in [3.8, 4) is 11.1 Å². The maximum Gasteiger partial charge on any atom is 0.307 e. The molecule has 0 fully saturated rings. The lowest BCUT2D eigenvalue weighted by molar-refractivity contribution is -0.136. The minimum Gasteiger partial charge on any atom is -0.481 e. The zero-order valence-electron chi connectivity index (χ0n) is 10.4. The van der Waals surface area contributed by atoms with Crippen molar-refractivity contribution < 1.29 is 9.90 Å². The first-order valence-corrected chi connectivity index (χ1v) is 6.82. The maximum absolute atomic E-state index is 10.7. The largest absolute Gasteiger partial charge is 0.481 e. The van der Waals surface area contributed by atoms with E-state index in [1.807, 2.05) is 29.6 Å². The molecule has 100 valence electrons. The topological polar surface area (TPSA) is 89.1 Å². The van der Waals surface area contributed by atoms with E-state index in [4.69, 9.17) is 10.8 Å². The molecular weight excluding hydrogens is 274 g/mol. The van der Waals surface area contributed by atoms with Gasteiger partial charge in [0.05, 0.1) is 11.8 Å². The van der Waals surface area contributed by atoms with E-state index in [1.54, 1.807) is 0 Å². The van der Waals surface area contributed by atoms with E-state index in [1.165, 1.54) is 17.7 Å². The number of carboxylic acids is 1. The molecule has 0 unspecified atom stereocenters. The number of carboxylic acid groups (broad SMARTS) is 1. The second-order valence-electron chi connectivity index (χ2n) is 4.36. The Morgan fingerprint density at radius 1 is 1.25 bits per heavy atom. The van der Waals surface area contributed by atoms with Gasteiger partial charge in [-0.1, -0.05) is 24.3 Å². The predicted octanol–water partition coefficient (Wildman–Crippen LogP) is 2.57. The van der Waals surface area contributed by atoms with Gasteiger partial charge in [0.2, 0.25) is 0 Å². The number of fused-ring (bicyclic) bond motifs is 1. The van der Waals surface area contributed by atoms with Crippen LogP contribution in [-0.2, 0) is 11.2 Å². The van der Waals surface area contributed by atoms with Gasteiger partial charge in [0.15, 0.2) is 0 Å². The van der Waals surface area contributed by atoms with Crippen LogP contribution >= 0.6 is 11.3 Å². The van der Waals surface area contributed by atoms with Crippen LogP contribution < -0.4 is 5.73 Å². The molecule has 2 aromatic heterocycles. The van der Waals surface area contributed by atoms with Gasteiger partial charge in [0.1, 0.15) is 17.0 Å². The van der Waals surface area contributed by atoms with E-state index in [0.717, 1.165) is 26.9 Å². The molecule has 3 N–H and O–H groups in total. The second-order valence-corrected chi connectivity index (χ2v) is 5.21. The first-order valence-electron chi connectivity index (χ1n) is 5.94. The number of carbonyl (C=O) groups is 1. The molecule has 0 aliphatic carbocycles. The summed E-state index contributed by atoms with van der Waals surface area (Å²) in [4.78, 5) is 19.7. The molecule has 0 bridgehead atoms. The van der Waals surface area contributed by atoms with Crippen LogP contribution in [0.4, 0.5) is 5.82 Å². The van der Waals surface area contributed by atoms with Crippen LogP contribution in [0.25, 0.3) is 21.3 Å². The second kappa shape index (κ2) is 4.90. The molecule has 5 nitrogen and oxygen atoms in total. The molecule has 0 atom stereocenters. The summed E-state index contributed by atoms with van der Waals surface area (Å²) in [5.41, 5.74) is 8.64. The van der Waals surface area contributed by atoms with Crippen molar-refractivity contribution in [1.82, 2.24) is 9.97 Å². The molecule has 20 heavy (non-hydrogen) atoms. The zero-order valence-corrected chi connectivity index (χ0v) is 11.2.